The molecule has 2 aromatic rings. The van der Waals surface area contributed by atoms with Crippen molar-refractivity contribution in [2.45, 2.75) is 44.6 Å². The maximum absolute atomic E-state index is 12.4. The van der Waals surface area contributed by atoms with Crippen LogP contribution in [0.15, 0.2) is 12.4 Å². The summed E-state index contributed by atoms with van der Waals surface area (Å²) in [6.07, 6.45) is 10.2. The molecule has 2 aliphatic rings. The Hall–Kier alpha value is -1.95. The normalized spacial score (nSPS) is 21.0. The van der Waals surface area contributed by atoms with Gasteiger partial charge in [-0.15, -0.1) is 0 Å². The van der Waals surface area contributed by atoms with Gasteiger partial charge in [0.15, 0.2) is 5.65 Å². The molecule has 0 radical (unpaired) electrons. The highest BCUT2D eigenvalue weighted by Crippen LogP contribution is 2.22. The van der Waals surface area contributed by atoms with Crippen LogP contribution in [-0.2, 0) is 17.6 Å². The highest BCUT2D eigenvalue weighted by molar-refractivity contribution is 5.99. The summed E-state index contributed by atoms with van der Waals surface area (Å²) in [7, 11) is 0. The van der Waals surface area contributed by atoms with Gasteiger partial charge in [-0.05, 0) is 44.1 Å². The van der Waals surface area contributed by atoms with Crippen LogP contribution in [0.1, 0.15) is 47.3 Å². The van der Waals surface area contributed by atoms with Gasteiger partial charge in [0.2, 0.25) is 0 Å². The molecule has 1 aliphatic carbocycles. The first-order valence-corrected chi connectivity index (χ1v) is 8.07. The maximum atomic E-state index is 12.4. The number of fused-ring (bicyclic) bond motifs is 3. The van der Waals surface area contributed by atoms with Gasteiger partial charge in [0.05, 0.1) is 12.3 Å². The fourth-order valence-electron chi connectivity index (χ4n) is 3.36. The van der Waals surface area contributed by atoms with Gasteiger partial charge in [0.25, 0.3) is 5.91 Å². The fourth-order valence-corrected chi connectivity index (χ4v) is 3.36. The summed E-state index contributed by atoms with van der Waals surface area (Å²) in [5.74, 6) is -0.117. The quantitative estimate of drug-likeness (QED) is 0.933. The van der Waals surface area contributed by atoms with E-state index in [1.807, 2.05) is 10.7 Å². The van der Waals surface area contributed by atoms with Crippen molar-refractivity contribution in [1.29, 1.82) is 0 Å². The van der Waals surface area contributed by atoms with E-state index in [1.165, 1.54) is 24.1 Å². The van der Waals surface area contributed by atoms with Crippen LogP contribution in [0.2, 0.25) is 0 Å². The van der Waals surface area contributed by atoms with Crippen LogP contribution in [-0.4, -0.2) is 39.8 Å². The van der Waals surface area contributed by atoms with E-state index in [4.69, 9.17) is 4.74 Å². The number of rotatable bonds is 3. The third kappa shape index (κ3) is 2.37. The Bertz CT molecular complexity index is 703. The molecule has 6 nitrogen and oxygen atoms in total. The van der Waals surface area contributed by atoms with Gasteiger partial charge in [0.1, 0.15) is 5.56 Å². The van der Waals surface area contributed by atoms with E-state index in [0.29, 0.717) is 17.8 Å². The maximum Gasteiger partial charge on any atom is 0.256 e. The first-order valence-electron chi connectivity index (χ1n) is 8.07. The molecule has 0 saturated carbocycles. The summed E-state index contributed by atoms with van der Waals surface area (Å²) < 4.78 is 7.37. The highest BCUT2D eigenvalue weighted by atomic mass is 16.5. The molecule has 1 fully saturated rings. The molecule has 4 rings (SSSR count). The van der Waals surface area contributed by atoms with Crippen LogP contribution in [0.4, 0.5) is 0 Å². The van der Waals surface area contributed by atoms with Gasteiger partial charge in [-0.1, -0.05) is 0 Å². The SMILES string of the molecule is O=C(NCC1CCCO1)c1cnn2c3c(cnc12)CCCC3. The molecule has 1 N–H and O–H groups in total. The third-order valence-corrected chi connectivity index (χ3v) is 4.58. The Balaban J connectivity index is 1.57. The lowest BCUT2D eigenvalue weighted by Crippen LogP contribution is -2.31. The average molecular weight is 300 g/mol. The van der Waals surface area contributed by atoms with Gasteiger partial charge >= 0.3 is 0 Å². The molecular weight excluding hydrogens is 280 g/mol. The van der Waals surface area contributed by atoms with Gasteiger partial charge in [-0.2, -0.15) is 5.10 Å². The zero-order valence-electron chi connectivity index (χ0n) is 12.5. The number of hydrogen-bond acceptors (Lipinski definition) is 4. The Morgan fingerprint density at radius 3 is 3.09 bits per heavy atom. The fraction of sp³-hybridized carbons (Fsp3) is 0.562. The van der Waals surface area contributed by atoms with E-state index in [9.17, 15) is 4.79 Å². The van der Waals surface area contributed by atoms with Crippen molar-refractivity contribution in [3.63, 3.8) is 0 Å². The number of hydrogen-bond donors (Lipinski definition) is 1. The summed E-state index contributed by atoms with van der Waals surface area (Å²) in [4.78, 5) is 16.8. The zero-order valence-corrected chi connectivity index (χ0v) is 12.5. The van der Waals surface area contributed by atoms with Crippen molar-refractivity contribution in [3.05, 3.63) is 29.2 Å². The van der Waals surface area contributed by atoms with Gasteiger partial charge in [0, 0.05) is 25.0 Å². The lowest BCUT2D eigenvalue weighted by atomic mass is 9.97. The number of ether oxygens (including phenoxy) is 1. The van der Waals surface area contributed by atoms with E-state index in [-0.39, 0.29) is 12.0 Å². The number of carbonyl (C=O) groups is 1. The van der Waals surface area contributed by atoms with Crippen LogP contribution < -0.4 is 5.32 Å². The monoisotopic (exact) mass is 300 g/mol. The standard InChI is InChI=1S/C16H20N4O2/c21-16(18-9-12-5-3-7-22-12)13-10-19-20-14-6-2-1-4-11(14)8-17-15(13)20/h8,10,12H,1-7,9H2,(H,18,21). The van der Waals surface area contributed by atoms with Crippen molar-refractivity contribution >= 4 is 11.6 Å². The second kappa shape index (κ2) is 5.68. The molecule has 22 heavy (non-hydrogen) atoms. The molecule has 6 heteroatoms. The molecule has 1 saturated heterocycles. The van der Waals surface area contributed by atoms with Crippen LogP contribution in [0.3, 0.4) is 0 Å². The second-order valence-corrected chi connectivity index (χ2v) is 6.08. The molecule has 2 aromatic heterocycles. The molecule has 3 heterocycles. The largest absolute Gasteiger partial charge is 0.376 e. The first-order chi connectivity index (χ1) is 10.8. The molecule has 0 bridgehead atoms. The zero-order chi connectivity index (χ0) is 14.9. The molecule has 1 aliphatic heterocycles. The van der Waals surface area contributed by atoms with Crippen molar-refractivity contribution in [2.24, 2.45) is 0 Å². The van der Waals surface area contributed by atoms with Crippen molar-refractivity contribution in [2.75, 3.05) is 13.2 Å². The molecule has 0 spiro atoms. The number of aromatic nitrogens is 3. The number of nitrogens with zero attached hydrogens (tertiary/aromatic N) is 3. The van der Waals surface area contributed by atoms with Crippen molar-refractivity contribution < 1.29 is 9.53 Å². The minimum atomic E-state index is -0.117. The molecule has 1 amide bonds. The van der Waals surface area contributed by atoms with Crippen LogP contribution in [0.5, 0.6) is 0 Å². The number of aryl methyl sites for hydroxylation is 2. The Kier molecular flexibility index (Phi) is 3.54. The van der Waals surface area contributed by atoms with Gasteiger partial charge in [-0.25, -0.2) is 9.50 Å². The van der Waals surface area contributed by atoms with Gasteiger partial charge in [-0.3, -0.25) is 4.79 Å². The smallest absolute Gasteiger partial charge is 0.256 e. The lowest BCUT2D eigenvalue weighted by Gasteiger charge is -2.16. The van der Waals surface area contributed by atoms with Crippen molar-refractivity contribution in [1.82, 2.24) is 19.9 Å². The van der Waals surface area contributed by atoms with E-state index >= 15 is 0 Å². The number of nitrogens with one attached hydrogen (secondary N) is 1. The molecule has 1 unspecified atom stereocenters. The third-order valence-electron chi connectivity index (χ3n) is 4.58. The summed E-state index contributed by atoms with van der Waals surface area (Å²) in [6.45, 7) is 1.35. The molecular formula is C16H20N4O2. The summed E-state index contributed by atoms with van der Waals surface area (Å²) in [6, 6.07) is 0. The lowest BCUT2D eigenvalue weighted by molar-refractivity contribution is 0.0859. The predicted molar refractivity (Wildman–Crippen MR) is 80.9 cm³/mol. The Labute approximate surface area is 128 Å². The Morgan fingerprint density at radius 2 is 2.23 bits per heavy atom. The van der Waals surface area contributed by atoms with E-state index in [0.717, 1.165) is 32.3 Å². The average Bonchev–Trinajstić information content (AvgIpc) is 3.22. The van der Waals surface area contributed by atoms with Crippen LogP contribution in [0.25, 0.3) is 5.65 Å². The summed E-state index contributed by atoms with van der Waals surface area (Å²) in [5, 5.41) is 7.34. The minimum Gasteiger partial charge on any atom is -0.376 e. The number of amides is 1. The van der Waals surface area contributed by atoms with E-state index < -0.39 is 0 Å². The summed E-state index contributed by atoms with van der Waals surface area (Å²) >= 11 is 0. The number of carbonyl (C=O) groups excluding carboxylic acids is 1. The topological polar surface area (TPSA) is 68.5 Å². The Morgan fingerprint density at radius 1 is 1.32 bits per heavy atom. The van der Waals surface area contributed by atoms with Crippen LogP contribution in [0, 0.1) is 0 Å². The first kappa shape index (κ1) is 13.7. The molecule has 0 aromatic carbocycles. The van der Waals surface area contributed by atoms with Crippen molar-refractivity contribution in [3.8, 4) is 0 Å². The van der Waals surface area contributed by atoms with E-state index in [1.54, 1.807) is 6.20 Å². The van der Waals surface area contributed by atoms with E-state index in [2.05, 4.69) is 15.4 Å². The second-order valence-electron chi connectivity index (χ2n) is 6.08. The molecule has 116 valence electrons. The predicted octanol–water partition coefficient (Wildman–Crippen LogP) is 1.52. The highest BCUT2D eigenvalue weighted by Gasteiger charge is 2.21. The van der Waals surface area contributed by atoms with Crippen LogP contribution >= 0.6 is 0 Å². The van der Waals surface area contributed by atoms with Gasteiger partial charge < -0.3 is 10.1 Å². The minimum absolute atomic E-state index is 0.117. The summed E-state index contributed by atoms with van der Waals surface area (Å²) in [5.41, 5.74) is 3.67. The molecule has 1 atom stereocenters.